The molecule has 0 aliphatic carbocycles. The average molecular weight is 193 g/mol. The van der Waals surface area contributed by atoms with Crippen LogP contribution in [0.4, 0.5) is 10.1 Å². The molecule has 0 aliphatic rings. The van der Waals surface area contributed by atoms with Crippen LogP contribution < -0.4 is 4.90 Å². The van der Waals surface area contributed by atoms with E-state index in [4.69, 9.17) is 0 Å². The van der Waals surface area contributed by atoms with E-state index in [0.29, 0.717) is 23.1 Å². The van der Waals surface area contributed by atoms with Crippen molar-refractivity contribution >= 4 is 17.5 Å². The number of nitrogens with zero attached hydrogens (tertiary/aromatic N) is 1. The van der Waals surface area contributed by atoms with Crippen molar-refractivity contribution in [3.05, 3.63) is 36.2 Å². The van der Waals surface area contributed by atoms with Gasteiger partial charge in [0.05, 0.1) is 0 Å². The molecule has 1 rings (SSSR count). The predicted molar refractivity (Wildman–Crippen MR) is 55.8 cm³/mol. The molecule has 0 atom stereocenters. The zero-order valence-corrected chi connectivity index (χ0v) is 8.25. The SMILES string of the molecule is C=C(C=O)c1ccc(F)cc1N(C)C. The lowest BCUT2D eigenvalue weighted by Crippen LogP contribution is -2.11. The van der Waals surface area contributed by atoms with Crippen molar-refractivity contribution in [2.75, 3.05) is 19.0 Å². The van der Waals surface area contributed by atoms with Gasteiger partial charge < -0.3 is 4.90 Å². The fourth-order valence-corrected chi connectivity index (χ4v) is 1.21. The summed E-state index contributed by atoms with van der Waals surface area (Å²) in [5.74, 6) is -0.323. The molecule has 0 saturated carbocycles. The fraction of sp³-hybridized carbons (Fsp3) is 0.182. The number of hydrogen-bond acceptors (Lipinski definition) is 2. The summed E-state index contributed by atoms with van der Waals surface area (Å²) in [6.07, 6.45) is 0.667. The van der Waals surface area contributed by atoms with Gasteiger partial charge in [-0.2, -0.15) is 0 Å². The maximum Gasteiger partial charge on any atom is 0.150 e. The van der Waals surface area contributed by atoms with Gasteiger partial charge in [-0.3, -0.25) is 4.79 Å². The Hall–Kier alpha value is -1.64. The lowest BCUT2D eigenvalue weighted by atomic mass is 10.1. The van der Waals surface area contributed by atoms with Crippen LogP contribution in [0.1, 0.15) is 5.56 Å². The molecule has 0 fully saturated rings. The largest absolute Gasteiger partial charge is 0.377 e. The Kier molecular flexibility index (Phi) is 3.02. The third-order valence-corrected chi connectivity index (χ3v) is 1.93. The van der Waals surface area contributed by atoms with Crippen molar-refractivity contribution in [3.8, 4) is 0 Å². The molecule has 1 aromatic carbocycles. The molecule has 0 bridgehead atoms. The second-order valence-electron chi connectivity index (χ2n) is 3.20. The number of allylic oxidation sites excluding steroid dienone is 1. The highest BCUT2D eigenvalue weighted by molar-refractivity contribution is 6.08. The molecule has 74 valence electrons. The summed E-state index contributed by atoms with van der Waals surface area (Å²) < 4.78 is 12.9. The number of carbonyl (C=O) groups excluding carboxylic acids is 1. The minimum absolute atomic E-state index is 0.323. The van der Waals surface area contributed by atoms with E-state index in [9.17, 15) is 9.18 Å². The van der Waals surface area contributed by atoms with Crippen LogP contribution in [-0.4, -0.2) is 20.4 Å². The van der Waals surface area contributed by atoms with Crippen LogP contribution in [0.25, 0.3) is 5.57 Å². The topological polar surface area (TPSA) is 20.3 Å². The molecule has 2 nitrogen and oxygen atoms in total. The maximum absolute atomic E-state index is 12.9. The second-order valence-corrected chi connectivity index (χ2v) is 3.20. The minimum Gasteiger partial charge on any atom is -0.377 e. The smallest absolute Gasteiger partial charge is 0.150 e. The van der Waals surface area contributed by atoms with Crippen LogP contribution in [0.2, 0.25) is 0 Å². The molecular formula is C11H12FNO. The summed E-state index contributed by atoms with van der Waals surface area (Å²) in [4.78, 5) is 12.3. The van der Waals surface area contributed by atoms with Gasteiger partial charge in [0, 0.05) is 30.9 Å². The Labute approximate surface area is 82.7 Å². The van der Waals surface area contributed by atoms with Crippen LogP contribution in [0.3, 0.4) is 0 Å². The standard InChI is InChI=1S/C11H12FNO/c1-8(7-14)10-5-4-9(12)6-11(10)13(2)3/h4-7H,1H2,2-3H3. The molecule has 0 radical (unpaired) electrons. The molecule has 14 heavy (non-hydrogen) atoms. The van der Waals surface area contributed by atoms with E-state index < -0.39 is 0 Å². The third-order valence-electron chi connectivity index (χ3n) is 1.93. The van der Waals surface area contributed by atoms with Gasteiger partial charge in [0.25, 0.3) is 0 Å². The van der Waals surface area contributed by atoms with Gasteiger partial charge in [-0.15, -0.1) is 0 Å². The first-order valence-electron chi connectivity index (χ1n) is 4.17. The number of hydrogen-bond donors (Lipinski definition) is 0. The van der Waals surface area contributed by atoms with Gasteiger partial charge in [0.2, 0.25) is 0 Å². The number of aldehydes is 1. The molecule has 0 aromatic heterocycles. The van der Waals surface area contributed by atoms with Crippen molar-refractivity contribution in [2.24, 2.45) is 0 Å². The number of anilines is 1. The third kappa shape index (κ3) is 1.99. The Morgan fingerprint density at radius 1 is 1.50 bits per heavy atom. The lowest BCUT2D eigenvalue weighted by molar-refractivity contribution is -0.103. The first-order valence-corrected chi connectivity index (χ1v) is 4.17. The van der Waals surface area contributed by atoms with Crippen LogP contribution >= 0.6 is 0 Å². The van der Waals surface area contributed by atoms with Crippen molar-refractivity contribution in [3.63, 3.8) is 0 Å². The van der Waals surface area contributed by atoms with E-state index >= 15 is 0 Å². The quantitative estimate of drug-likeness (QED) is 0.541. The Bertz CT molecular complexity index is 372. The molecule has 0 saturated heterocycles. The number of benzene rings is 1. The van der Waals surface area contributed by atoms with Gasteiger partial charge in [-0.25, -0.2) is 4.39 Å². The van der Waals surface area contributed by atoms with E-state index in [0.717, 1.165) is 0 Å². The number of carbonyl (C=O) groups is 1. The van der Waals surface area contributed by atoms with Crippen molar-refractivity contribution in [1.29, 1.82) is 0 Å². The number of halogens is 1. The van der Waals surface area contributed by atoms with E-state index in [1.807, 2.05) is 0 Å². The van der Waals surface area contributed by atoms with Gasteiger partial charge in [-0.1, -0.05) is 6.58 Å². The Morgan fingerprint density at radius 3 is 2.64 bits per heavy atom. The summed E-state index contributed by atoms with van der Waals surface area (Å²) in [6, 6.07) is 4.25. The van der Waals surface area contributed by atoms with Crippen molar-refractivity contribution in [2.45, 2.75) is 0 Å². The number of rotatable bonds is 3. The highest BCUT2D eigenvalue weighted by atomic mass is 19.1. The highest BCUT2D eigenvalue weighted by Crippen LogP contribution is 2.24. The zero-order valence-electron chi connectivity index (χ0n) is 8.25. The van der Waals surface area contributed by atoms with Crippen LogP contribution in [-0.2, 0) is 4.79 Å². The van der Waals surface area contributed by atoms with Crippen LogP contribution in [0.15, 0.2) is 24.8 Å². The van der Waals surface area contributed by atoms with Gasteiger partial charge in [-0.05, 0) is 18.2 Å². The van der Waals surface area contributed by atoms with E-state index in [2.05, 4.69) is 6.58 Å². The van der Waals surface area contributed by atoms with Crippen LogP contribution in [0, 0.1) is 5.82 Å². The summed E-state index contributed by atoms with van der Waals surface area (Å²) in [5.41, 5.74) is 1.67. The molecule has 0 spiro atoms. The summed E-state index contributed by atoms with van der Waals surface area (Å²) in [5, 5.41) is 0. The second kappa shape index (κ2) is 4.05. The first-order chi connectivity index (χ1) is 6.56. The minimum atomic E-state index is -0.323. The van der Waals surface area contributed by atoms with Gasteiger partial charge >= 0.3 is 0 Å². The van der Waals surface area contributed by atoms with E-state index in [1.54, 1.807) is 25.1 Å². The maximum atomic E-state index is 12.9. The van der Waals surface area contributed by atoms with E-state index in [1.165, 1.54) is 12.1 Å². The molecule has 1 aromatic rings. The lowest BCUT2D eigenvalue weighted by Gasteiger charge is -2.16. The van der Waals surface area contributed by atoms with Crippen molar-refractivity contribution < 1.29 is 9.18 Å². The molecular weight excluding hydrogens is 181 g/mol. The van der Waals surface area contributed by atoms with Crippen molar-refractivity contribution in [1.82, 2.24) is 0 Å². The Balaban J connectivity index is 3.28. The summed E-state index contributed by atoms with van der Waals surface area (Å²) in [7, 11) is 3.58. The first kappa shape index (κ1) is 10.4. The molecule has 0 aliphatic heterocycles. The summed E-state index contributed by atoms with van der Waals surface area (Å²) in [6.45, 7) is 3.60. The highest BCUT2D eigenvalue weighted by Gasteiger charge is 2.08. The average Bonchev–Trinajstić information content (AvgIpc) is 2.16. The molecule has 0 N–H and O–H groups in total. The monoisotopic (exact) mass is 193 g/mol. The predicted octanol–water partition coefficient (Wildman–Crippen LogP) is 2.10. The van der Waals surface area contributed by atoms with Gasteiger partial charge in [0.15, 0.2) is 0 Å². The Morgan fingerprint density at radius 2 is 2.14 bits per heavy atom. The fourth-order valence-electron chi connectivity index (χ4n) is 1.21. The molecule has 0 amide bonds. The summed E-state index contributed by atoms with van der Waals surface area (Å²) >= 11 is 0. The van der Waals surface area contributed by atoms with Gasteiger partial charge in [0.1, 0.15) is 12.1 Å². The molecule has 3 heteroatoms. The normalized spacial score (nSPS) is 9.64. The molecule has 0 heterocycles. The van der Waals surface area contributed by atoms with Crippen LogP contribution in [0.5, 0.6) is 0 Å². The molecule has 0 unspecified atom stereocenters. The van der Waals surface area contributed by atoms with E-state index in [-0.39, 0.29) is 5.82 Å². The zero-order chi connectivity index (χ0) is 10.7.